The first-order valence-corrected chi connectivity index (χ1v) is 9.05. The summed E-state index contributed by atoms with van der Waals surface area (Å²) in [4.78, 5) is 14.7. The Labute approximate surface area is 141 Å². The minimum Gasteiger partial charge on any atom is -0.335 e. The first kappa shape index (κ1) is 18.0. The zero-order valence-electron chi connectivity index (χ0n) is 15.1. The van der Waals surface area contributed by atoms with Crippen molar-refractivity contribution in [3.63, 3.8) is 0 Å². The highest BCUT2D eigenvalue weighted by Crippen LogP contribution is 2.29. The molecule has 3 heteroatoms. The van der Waals surface area contributed by atoms with Crippen molar-refractivity contribution in [3.8, 4) is 0 Å². The Morgan fingerprint density at radius 2 is 1.91 bits per heavy atom. The molecule has 3 atom stereocenters. The van der Waals surface area contributed by atoms with E-state index in [-0.39, 0.29) is 11.9 Å². The molecule has 1 aromatic carbocycles. The van der Waals surface area contributed by atoms with Gasteiger partial charge in [-0.2, -0.15) is 0 Å². The second-order valence-electron chi connectivity index (χ2n) is 7.36. The summed E-state index contributed by atoms with van der Waals surface area (Å²) < 4.78 is 0. The van der Waals surface area contributed by atoms with Gasteiger partial charge in [-0.25, -0.2) is 0 Å². The van der Waals surface area contributed by atoms with Gasteiger partial charge >= 0.3 is 0 Å². The van der Waals surface area contributed by atoms with Crippen LogP contribution >= 0.6 is 0 Å². The van der Waals surface area contributed by atoms with E-state index < -0.39 is 0 Å². The van der Waals surface area contributed by atoms with Crippen molar-refractivity contribution in [2.45, 2.75) is 65.6 Å². The van der Waals surface area contributed by atoms with E-state index in [1.54, 1.807) is 0 Å². The summed E-state index contributed by atoms with van der Waals surface area (Å²) in [6, 6.07) is 10.9. The fourth-order valence-electron chi connectivity index (χ4n) is 3.53. The fourth-order valence-corrected chi connectivity index (χ4v) is 3.53. The summed E-state index contributed by atoms with van der Waals surface area (Å²) in [5.74, 6) is 1.61. The molecule has 0 aromatic heterocycles. The standard InChI is InChI=1S/C20H32N2O/c1-15(2)22(14-18-10-6-5-7-11-18)20(23)13-21-19-12-8-9-16(3)17(19)4/h5-7,10-11,15-17,19,21H,8-9,12-14H2,1-4H3/t16-,17+,19+/m1/s1. The summed E-state index contributed by atoms with van der Waals surface area (Å²) in [6.07, 6.45) is 3.79. The van der Waals surface area contributed by atoms with Crippen molar-refractivity contribution >= 4 is 5.91 Å². The van der Waals surface area contributed by atoms with Gasteiger partial charge in [-0.3, -0.25) is 4.79 Å². The minimum absolute atomic E-state index is 0.203. The van der Waals surface area contributed by atoms with Crippen LogP contribution in [0.5, 0.6) is 0 Å². The second kappa shape index (κ2) is 8.49. The number of amides is 1. The van der Waals surface area contributed by atoms with E-state index in [1.807, 2.05) is 23.1 Å². The van der Waals surface area contributed by atoms with Gasteiger partial charge in [-0.1, -0.05) is 57.0 Å². The third kappa shape index (κ3) is 5.07. The van der Waals surface area contributed by atoms with Crippen LogP contribution in [0.15, 0.2) is 30.3 Å². The van der Waals surface area contributed by atoms with Gasteiger partial charge in [0.1, 0.15) is 0 Å². The highest BCUT2D eigenvalue weighted by Gasteiger charge is 2.27. The highest BCUT2D eigenvalue weighted by atomic mass is 16.2. The number of hydrogen-bond acceptors (Lipinski definition) is 2. The van der Waals surface area contributed by atoms with Crippen LogP contribution in [-0.4, -0.2) is 29.4 Å². The number of carbonyl (C=O) groups is 1. The van der Waals surface area contributed by atoms with Gasteiger partial charge in [-0.05, 0) is 37.7 Å². The van der Waals surface area contributed by atoms with Crippen molar-refractivity contribution in [1.29, 1.82) is 0 Å². The van der Waals surface area contributed by atoms with Crippen LogP contribution in [0.4, 0.5) is 0 Å². The number of carbonyl (C=O) groups excluding carboxylic acids is 1. The number of nitrogens with zero attached hydrogens (tertiary/aromatic N) is 1. The quantitative estimate of drug-likeness (QED) is 0.865. The SMILES string of the molecule is CC(C)N(Cc1ccccc1)C(=O)CN[C@H]1CCC[C@@H](C)[C@@H]1C. The average Bonchev–Trinajstić information content (AvgIpc) is 2.54. The monoisotopic (exact) mass is 316 g/mol. The number of benzene rings is 1. The normalized spacial score (nSPS) is 24.7. The zero-order chi connectivity index (χ0) is 16.8. The lowest BCUT2D eigenvalue weighted by Crippen LogP contribution is -2.47. The van der Waals surface area contributed by atoms with Gasteiger partial charge in [0, 0.05) is 18.6 Å². The molecule has 0 heterocycles. The summed E-state index contributed by atoms with van der Waals surface area (Å²) in [5.41, 5.74) is 1.19. The topological polar surface area (TPSA) is 32.3 Å². The maximum absolute atomic E-state index is 12.7. The Hall–Kier alpha value is -1.35. The van der Waals surface area contributed by atoms with E-state index in [4.69, 9.17) is 0 Å². The maximum atomic E-state index is 12.7. The molecule has 1 aliphatic rings. The van der Waals surface area contributed by atoms with Crippen molar-refractivity contribution in [3.05, 3.63) is 35.9 Å². The van der Waals surface area contributed by atoms with Crippen LogP contribution in [-0.2, 0) is 11.3 Å². The molecule has 0 spiro atoms. The molecule has 1 amide bonds. The molecule has 2 rings (SSSR count). The van der Waals surface area contributed by atoms with E-state index in [2.05, 4.69) is 45.1 Å². The average molecular weight is 316 g/mol. The largest absolute Gasteiger partial charge is 0.335 e. The van der Waals surface area contributed by atoms with E-state index in [0.29, 0.717) is 25.0 Å². The molecule has 0 radical (unpaired) electrons. The molecule has 3 nitrogen and oxygen atoms in total. The van der Waals surface area contributed by atoms with Gasteiger partial charge in [-0.15, -0.1) is 0 Å². The maximum Gasteiger partial charge on any atom is 0.237 e. The molecule has 1 N–H and O–H groups in total. The van der Waals surface area contributed by atoms with Crippen LogP contribution in [0, 0.1) is 11.8 Å². The Balaban J connectivity index is 1.91. The number of nitrogens with one attached hydrogen (secondary N) is 1. The second-order valence-corrected chi connectivity index (χ2v) is 7.36. The molecule has 0 saturated heterocycles. The van der Waals surface area contributed by atoms with Gasteiger partial charge in [0.2, 0.25) is 5.91 Å². The Morgan fingerprint density at radius 3 is 2.57 bits per heavy atom. The lowest BCUT2D eigenvalue weighted by Gasteiger charge is -2.35. The molecular formula is C20H32N2O. The van der Waals surface area contributed by atoms with Crippen molar-refractivity contribution < 1.29 is 4.79 Å². The van der Waals surface area contributed by atoms with Gasteiger partial charge in [0.15, 0.2) is 0 Å². The van der Waals surface area contributed by atoms with E-state index in [9.17, 15) is 4.79 Å². The molecule has 128 valence electrons. The first-order valence-electron chi connectivity index (χ1n) is 9.05. The number of rotatable bonds is 6. The molecule has 1 aliphatic carbocycles. The summed E-state index contributed by atoms with van der Waals surface area (Å²) in [6.45, 7) is 9.97. The predicted molar refractivity (Wildman–Crippen MR) is 96.1 cm³/mol. The molecule has 0 bridgehead atoms. The third-order valence-corrected chi connectivity index (χ3v) is 5.36. The summed E-state index contributed by atoms with van der Waals surface area (Å²) in [7, 11) is 0. The third-order valence-electron chi connectivity index (χ3n) is 5.36. The van der Waals surface area contributed by atoms with Crippen LogP contribution in [0.2, 0.25) is 0 Å². The minimum atomic E-state index is 0.203. The predicted octanol–water partition coefficient (Wildman–Crippen LogP) is 3.84. The van der Waals surface area contributed by atoms with Crippen molar-refractivity contribution in [2.24, 2.45) is 11.8 Å². The zero-order valence-corrected chi connectivity index (χ0v) is 15.1. The number of hydrogen-bond donors (Lipinski definition) is 1. The van der Waals surface area contributed by atoms with Crippen LogP contribution in [0.1, 0.15) is 52.5 Å². The van der Waals surface area contributed by atoms with Gasteiger partial charge < -0.3 is 10.2 Å². The Kier molecular flexibility index (Phi) is 6.64. The lowest BCUT2D eigenvalue weighted by atomic mass is 9.78. The van der Waals surface area contributed by atoms with Crippen molar-refractivity contribution in [1.82, 2.24) is 10.2 Å². The molecule has 1 fully saturated rings. The van der Waals surface area contributed by atoms with Gasteiger partial charge in [0.05, 0.1) is 6.54 Å². The van der Waals surface area contributed by atoms with Crippen LogP contribution in [0.25, 0.3) is 0 Å². The Bertz CT molecular complexity index is 486. The Morgan fingerprint density at radius 1 is 1.22 bits per heavy atom. The molecule has 1 aromatic rings. The smallest absolute Gasteiger partial charge is 0.237 e. The van der Waals surface area contributed by atoms with Crippen LogP contribution < -0.4 is 5.32 Å². The molecule has 23 heavy (non-hydrogen) atoms. The van der Waals surface area contributed by atoms with Crippen molar-refractivity contribution in [2.75, 3.05) is 6.54 Å². The summed E-state index contributed by atoms with van der Waals surface area (Å²) in [5, 5.41) is 3.53. The highest BCUT2D eigenvalue weighted by molar-refractivity contribution is 5.78. The fraction of sp³-hybridized carbons (Fsp3) is 0.650. The molecule has 1 saturated carbocycles. The van der Waals surface area contributed by atoms with Gasteiger partial charge in [0.25, 0.3) is 0 Å². The van der Waals surface area contributed by atoms with E-state index in [0.717, 1.165) is 5.92 Å². The van der Waals surface area contributed by atoms with E-state index >= 15 is 0 Å². The molecule has 0 unspecified atom stereocenters. The van der Waals surface area contributed by atoms with Crippen LogP contribution in [0.3, 0.4) is 0 Å². The molecular weight excluding hydrogens is 284 g/mol. The first-order chi connectivity index (χ1) is 11.0. The molecule has 0 aliphatic heterocycles. The lowest BCUT2D eigenvalue weighted by molar-refractivity contribution is -0.132. The van der Waals surface area contributed by atoms with E-state index in [1.165, 1.54) is 24.8 Å². The summed E-state index contributed by atoms with van der Waals surface area (Å²) >= 11 is 0.